The fraction of sp³-hybridized carbons (Fsp3) is 0.133. The largest absolute Gasteiger partial charge is 0.459 e. The Bertz CT molecular complexity index is 783. The molecule has 0 spiro atoms. The van der Waals surface area contributed by atoms with Crippen molar-refractivity contribution in [3.63, 3.8) is 0 Å². The SMILES string of the molecule is Cc1c(C(N)c2ccncc2F)oc2ccc(F)cc12. The van der Waals surface area contributed by atoms with Crippen LogP contribution in [0.1, 0.15) is 22.9 Å². The number of rotatable bonds is 2. The first-order chi connectivity index (χ1) is 9.58. The van der Waals surface area contributed by atoms with E-state index in [1.807, 2.05) is 0 Å². The van der Waals surface area contributed by atoms with Crippen LogP contribution in [0.25, 0.3) is 11.0 Å². The summed E-state index contributed by atoms with van der Waals surface area (Å²) in [6, 6.07) is 4.98. The van der Waals surface area contributed by atoms with Crippen molar-refractivity contribution in [3.8, 4) is 0 Å². The van der Waals surface area contributed by atoms with E-state index in [1.165, 1.54) is 30.5 Å². The highest BCUT2D eigenvalue weighted by molar-refractivity contribution is 5.82. The molecule has 0 saturated carbocycles. The third-order valence-corrected chi connectivity index (χ3v) is 3.36. The van der Waals surface area contributed by atoms with Crippen molar-refractivity contribution in [1.29, 1.82) is 0 Å². The monoisotopic (exact) mass is 274 g/mol. The van der Waals surface area contributed by atoms with Crippen molar-refractivity contribution in [2.45, 2.75) is 13.0 Å². The second-order valence-electron chi connectivity index (χ2n) is 4.61. The van der Waals surface area contributed by atoms with Crippen LogP contribution >= 0.6 is 0 Å². The molecule has 2 aromatic heterocycles. The number of benzene rings is 1. The fourth-order valence-electron chi connectivity index (χ4n) is 2.29. The lowest BCUT2D eigenvalue weighted by molar-refractivity contribution is 0.505. The number of furan rings is 1. The van der Waals surface area contributed by atoms with Gasteiger partial charge in [0.15, 0.2) is 0 Å². The summed E-state index contributed by atoms with van der Waals surface area (Å²) >= 11 is 0. The summed E-state index contributed by atoms with van der Waals surface area (Å²) in [5, 5.41) is 0.643. The van der Waals surface area contributed by atoms with Gasteiger partial charge in [-0.25, -0.2) is 8.78 Å². The van der Waals surface area contributed by atoms with Gasteiger partial charge in [0.05, 0.1) is 12.2 Å². The van der Waals surface area contributed by atoms with E-state index >= 15 is 0 Å². The number of nitrogens with two attached hydrogens (primary N) is 1. The van der Waals surface area contributed by atoms with Crippen LogP contribution < -0.4 is 5.73 Å². The average Bonchev–Trinajstić information content (AvgIpc) is 2.76. The predicted molar refractivity (Wildman–Crippen MR) is 71.1 cm³/mol. The molecule has 1 aromatic carbocycles. The second kappa shape index (κ2) is 4.68. The Morgan fingerprint density at radius 1 is 1.25 bits per heavy atom. The summed E-state index contributed by atoms with van der Waals surface area (Å²) in [7, 11) is 0. The van der Waals surface area contributed by atoms with Gasteiger partial charge in [-0.05, 0) is 31.2 Å². The maximum absolute atomic E-state index is 13.7. The highest BCUT2D eigenvalue weighted by atomic mass is 19.1. The zero-order chi connectivity index (χ0) is 14.3. The van der Waals surface area contributed by atoms with Crippen LogP contribution in [0.4, 0.5) is 8.78 Å². The molecule has 1 atom stereocenters. The summed E-state index contributed by atoms with van der Waals surface area (Å²) in [5.41, 5.74) is 7.60. The first-order valence-electron chi connectivity index (χ1n) is 6.11. The smallest absolute Gasteiger partial charge is 0.146 e. The minimum atomic E-state index is -0.756. The van der Waals surface area contributed by atoms with Crippen molar-refractivity contribution in [3.05, 3.63) is 65.2 Å². The number of pyridine rings is 1. The minimum absolute atomic E-state index is 0.294. The molecule has 0 amide bonds. The lowest BCUT2D eigenvalue weighted by Gasteiger charge is -2.10. The van der Waals surface area contributed by atoms with Crippen molar-refractivity contribution in [2.75, 3.05) is 0 Å². The Hall–Kier alpha value is -2.27. The van der Waals surface area contributed by atoms with E-state index in [4.69, 9.17) is 10.2 Å². The summed E-state index contributed by atoms with van der Waals surface area (Å²) in [5.74, 6) is -0.418. The van der Waals surface area contributed by atoms with Gasteiger partial charge < -0.3 is 10.2 Å². The molecule has 0 fully saturated rings. The molecular formula is C15H12F2N2O. The third-order valence-electron chi connectivity index (χ3n) is 3.36. The average molecular weight is 274 g/mol. The molecule has 1 unspecified atom stereocenters. The highest BCUT2D eigenvalue weighted by Crippen LogP contribution is 2.32. The quantitative estimate of drug-likeness (QED) is 0.778. The molecule has 0 aliphatic carbocycles. The Morgan fingerprint density at radius 2 is 2.05 bits per heavy atom. The van der Waals surface area contributed by atoms with E-state index in [-0.39, 0.29) is 5.82 Å². The summed E-state index contributed by atoms with van der Waals surface area (Å²) in [6.07, 6.45) is 2.57. The normalized spacial score (nSPS) is 12.8. The second-order valence-corrected chi connectivity index (χ2v) is 4.61. The third kappa shape index (κ3) is 1.96. The Kier molecular flexibility index (Phi) is 2.99. The Balaban J connectivity index is 2.15. The van der Waals surface area contributed by atoms with Crippen LogP contribution in [0.15, 0.2) is 41.1 Å². The van der Waals surface area contributed by atoms with Gasteiger partial charge in [0.2, 0.25) is 0 Å². The summed E-state index contributed by atoms with van der Waals surface area (Å²) in [6.45, 7) is 1.78. The molecule has 3 nitrogen and oxygen atoms in total. The zero-order valence-corrected chi connectivity index (χ0v) is 10.7. The molecule has 0 bridgehead atoms. The molecule has 3 rings (SSSR count). The molecule has 0 saturated heterocycles. The molecule has 2 N–H and O–H groups in total. The number of hydrogen-bond acceptors (Lipinski definition) is 3. The maximum atomic E-state index is 13.7. The van der Waals surface area contributed by atoms with E-state index in [1.54, 1.807) is 6.92 Å². The standard InChI is InChI=1S/C15H12F2N2O/c1-8-11-6-9(16)2-3-13(11)20-15(8)14(18)10-4-5-19-7-12(10)17/h2-7,14H,18H2,1H3. The van der Waals surface area contributed by atoms with Crippen molar-refractivity contribution in [2.24, 2.45) is 5.73 Å². The Labute approximate surface area is 114 Å². The van der Waals surface area contributed by atoms with E-state index in [0.717, 1.165) is 6.20 Å². The zero-order valence-electron chi connectivity index (χ0n) is 10.7. The molecule has 102 valence electrons. The van der Waals surface area contributed by atoms with Crippen LogP contribution in [0.3, 0.4) is 0 Å². The molecule has 0 aliphatic rings. The van der Waals surface area contributed by atoms with E-state index in [0.29, 0.717) is 27.9 Å². The summed E-state index contributed by atoms with van der Waals surface area (Å²) < 4.78 is 32.7. The van der Waals surface area contributed by atoms with Crippen LogP contribution in [-0.4, -0.2) is 4.98 Å². The molecule has 3 aromatic rings. The topological polar surface area (TPSA) is 52.0 Å². The van der Waals surface area contributed by atoms with E-state index in [9.17, 15) is 8.78 Å². The molecular weight excluding hydrogens is 262 g/mol. The molecule has 20 heavy (non-hydrogen) atoms. The van der Waals surface area contributed by atoms with Gasteiger partial charge in [0.25, 0.3) is 0 Å². The van der Waals surface area contributed by atoms with Gasteiger partial charge in [-0.2, -0.15) is 0 Å². The number of halogens is 2. The van der Waals surface area contributed by atoms with Crippen molar-refractivity contribution < 1.29 is 13.2 Å². The highest BCUT2D eigenvalue weighted by Gasteiger charge is 2.21. The first-order valence-corrected chi connectivity index (χ1v) is 6.11. The van der Waals surface area contributed by atoms with Crippen LogP contribution in [0.5, 0.6) is 0 Å². The van der Waals surface area contributed by atoms with Crippen molar-refractivity contribution in [1.82, 2.24) is 4.98 Å². The van der Waals surface area contributed by atoms with Crippen LogP contribution in [-0.2, 0) is 0 Å². The predicted octanol–water partition coefficient (Wildman–Crippen LogP) is 3.46. The number of fused-ring (bicyclic) bond motifs is 1. The van der Waals surface area contributed by atoms with Crippen LogP contribution in [0.2, 0.25) is 0 Å². The van der Waals surface area contributed by atoms with Gasteiger partial charge in [-0.15, -0.1) is 0 Å². The van der Waals surface area contributed by atoms with Gasteiger partial charge in [-0.3, -0.25) is 4.98 Å². The number of nitrogens with zero attached hydrogens (tertiary/aromatic N) is 1. The van der Waals surface area contributed by atoms with E-state index in [2.05, 4.69) is 4.98 Å². The number of aromatic nitrogens is 1. The lowest BCUT2D eigenvalue weighted by atomic mass is 10.0. The van der Waals surface area contributed by atoms with E-state index < -0.39 is 11.9 Å². The minimum Gasteiger partial charge on any atom is -0.459 e. The summed E-state index contributed by atoms with van der Waals surface area (Å²) in [4.78, 5) is 3.69. The van der Waals surface area contributed by atoms with Crippen molar-refractivity contribution >= 4 is 11.0 Å². The maximum Gasteiger partial charge on any atom is 0.146 e. The fourth-order valence-corrected chi connectivity index (χ4v) is 2.29. The first kappa shape index (κ1) is 12.7. The number of hydrogen-bond donors (Lipinski definition) is 1. The molecule has 2 heterocycles. The van der Waals surface area contributed by atoms with Gasteiger partial charge in [0, 0.05) is 22.7 Å². The van der Waals surface area contributed by atoms with Gasteiger partial charge in [0.1, 0.15) is 23.0 Å². The molecule has 5 heteroatoms. The lowest BCUT2D eigenvalue weighted by Crippen LogP contribution is -2.14. The van der Waals surface area contributed by atoms with Gasteiger partial charge >= 0.3 is 0 Å². The molecule has 0 aliphatic heterocycles. The molecule has 0 radical (unpaired) electrons. The van der Waals surface area contributed by atoms with Gasteiger partial charge in [-0.1, -0.05) is 0 Å². The van der Waals surface area contributed by atoms with Crippen LogP contribution in [0, 0.1) is 18.6 Å². The Morgan fingerprint density at radius 3 is 2.80 bits per heavy atom. The number of aryl methyl sites for hydroxylation is 1.